The van der Waals surface area contributed by atoms with Crippen molar-refractivity contribution in [2.24, 2.45) is 5.73 Å². The van der Waals surface area contributed by atoms with Crippen LogP contribution in [0.1, 0.15) is 5.56 Å². The summed E-state index contributed by atoms with van der Waals surface area (Å²) in [5, 5.41) is 10.6. The van der Waals surface area contributed by atoms with E-state index in [-0.39, 0.29) is 6.47 Å². The van der Waals surface area contributed by atoms with Crippen LogP contribution in [0.5, 0.6) is 0 Å². The summed E-state index contributed by atoms with van der Waals surface area (Å²) in [7, 11) is 0. The fourth-order valence-corrected chi connectivity index (χ4v) is 1.46. The summed E-state index contributed by atoms with van der Waals surface area (Å²) in [6.45, 7) is 0.208. The Bertz CT molecular complexity index is 507. The maximum absolute atomic E-state index is 10.5. The first-order valence-electron chi connectivity index (χ1n) is 4.85. The highest BCUT2D eigenvalue weighted by molar-refractivity contribution is 5.83. The molecular weight excluding hydrogens is 222 g/mol. The summed E-state index contributed by atoms with van der Waals surface area (Å²) in [6.07, 6.45) is 1.88. The van der Waals surface area contributed by atoms with Gasteiger partial charge in [0.15, 0.2) is 0 Å². The maximum atomic E-state index is 10.5. The number of H-pyrrole nitrogens is 1. The molecule has 0 radical (unpaired) electrons. The Morgan fingerprint density at radius 2 is 2.12 bits per heavy atom. The Labute approximate surface area is 97.4 Å². The number of rotatable bonds is 2. The van der Waals surface area contributed by atoms with E-state index in [2.05, 4.69) is 10.3 Å². The fourth-order valence-electron chi connectivity index (χ4n) is 1.46. The van der Waals surface area contributed by atoms with Crippen molar-refractivity contribution in [2.45, 2.75) is 6.54 Å². The van der Waals surface area contributed by atoms with Gasteiger partial charge in [-0.3, -0.25) is 4.79 Å². The van der Waals surface area contributed by atoms with E-state index in [9.17, 15) is 4.79 Å². The molecule has 1 heterocycles. The minimum atomic E-state index is -0.504. The Morgan fingerprint density at radius 1 is 1.47 bits per heavy atom. The number of aromatic nitrogens is 1. The number of primary amides is 1. The number of nitrogens with one attached hydrogen (secondary N) is 2. The quantitative estimate of drug-likeness (QED) is 0.584. The molecule has 0 spiro atoms. The number of amides is 2. The lowest BCUT2D eigenvalue weighted by Crippen LogP contribution is -2.28. The van der Waals surface area contributed by atoms with Gasteiger partial charge in [-0.15, -0.1) is 0 Å². The maximum Gasteiger partial charge on any atom is 0.312 e. The number of hydrogen-bond donors (Lipinski definition) is 4. The van der Waals surface area contributed by atoms with Gasteiger partial charge < -0.3 is 21.1 Å². The number of carbonyl (C=O) groups is 2. The van der Waals surface area contributed by atoms with Gasteiger partial charge in [-0.05, 0) is 11.6 Å². The number of urea groups is 1. The van der Waals surface area contributed by atoms with Crippen molar-refractivity contribution < 1.29 is 14.7 Å². The number of aromatic amines is 1. The Kier molecular flexibility index (Phi) is 4.56. The van der Waals surface area contributed by atoms with Crippen molar-refractivity contribution >= 4 is 23.4 Å². The van der Waals surface area contributed by atoms with Crippen molar-refractivity contribution in [3.05, 3.63) is 36.0 Å². The van der Waals surface area contributed by atoms with Crippen molar-refractivity contribution in [2.75, 3.05) is 0 Å². The molecule has 0 bridgehead atoms. The van der Waals surface area contributed by atoms with Gasteiger partial charge in [0.25, 0.3) is 6.47 Å². The van der Waals surface area contributed by atoms with E-state index in [1.165, 1.54) is 0 Å². The molecule has 0 atom stereocenters. The summed E-state index contributed by atoms with van der Waals surface area (Å²) >= 11 is 0. The van der Waals surface area contributed by atoms with Gasteiger partial charge in [0, 0.05) is 23.6 Å². The summed E-state index contributed by atoms with van der Waals surface area (Å²) in [5.41, 5.74) is 7.10. The zero-order chi connectivity index (χ0) is 12.7. The molecule has 1 aromatic carbocycles. The monoisotopic (exact) mass is 235 g/mol. The zero-order valence-electron chi connectivity index (χ0n) is 9.01. The predicted octanol–water partition coefficient (Wildman–Crippen LogP) is 1.04. The second-order valence-electron chi connectivity index (χ2n) is 3.18. The highest BCUT2D eigenvalue weighted by atomic mass is 16.3. The first kappa shape index (κ1) is 12.6. The van der Waals surface area contributed by atoms with Gasteiger partial charge >= 0.3 is 6.03 Å². The van der Waals surface area contributed by atoms with Crippen LogP contribution >= 0.6 is 0 Å². The minimum absolute atomic E-state index is 0.250. The van der Waals surface area contributed by atoms with Crippen molar-refractivity contribution in [3.63, 3.8) is 0 Å². The summed E-state index contributed by atoms with van der Waals surface area (Å²) in [4.78, 5) is 22.0. The predicted molar refractivity (Wildman–Crippen MR) is 63.4 cm³/mol. The number of nitrogens with two attached hydrogens (primary N) is 1. The molecule has 0 aliphatic heterocycles. The molecule has 90 valence electrons. The van der Waals surface area contributed by atoms with E-state index in [0.717, 1.165) is 16.5 Å². The molecule has 1 aromatic heterocycles. The lowest BCUT2D eigenvalue weighted by molar-refractivity contribution is -0.122. The number of hydrogen-bond acceptors (Lipinski definition) is 2. The van der Waals surface area contributed by atoms with E-state index in [4.69, 9.17) is 15.6 Å². The highest BCUT2D eigenvalue weighted by Gasteiger charge is 2.02. The molecule has 0 aliphatic rings. The van der Waals surface area contributed by atoms with Crippen LogP contribution in [-0.4, -0.2) is 22.6 Å². The molecule has 0 unspecified atom stereocenters. The van der Waals surface area contributed by atoms with Crippen LogP contribution in [0.3, 0.4) is 0 Å². The minimum Gasteiger partial charge on any atom is -0.483 e. The first-order chi connectivity index (χ1) is 8.19. The molecule has 0 aliphatic carbocycles. The molecule has 2 aromatic rings. The standard InChI is InChI=1S/C10H11N3O.CH2O2/c11-10(14)13-6-7-5-12-9-4-2-1-3-8(7)9;2-1-3/h1-5,12H,6H2,(H3,11,13,14);1H,(H,2,3). The lowest BCUT2D eigenvalue weighted by Gasteiger charge is -1.99. The Balaban J connectivity index is 0.000000437. The van der Waals surface area contributed by atoms with Gasteiger partial charge in [0.05, 0.1) is 0 Å². The molecular formula is C11H13N3O3. The second kappa shape index (κ2) is 6.16. The SMILES string of the molecule is NC(=O)NCc1c[nH]c2ccccc12.O=CO. The van der Waals surface area contributed by atoms with Gasteiger partial charge in [-0.25, -0.2) is 4.79 Å². The number of para-hydroxylation sites is 1. The number of carboxylic acid groups (broad SMARTS) is 1. The van der Waals surface area contributed by atoms with Crippen molar-refractivity contribution in [3.8, 4) is 0 Å². The lowest BCUT2D eigenvalue weighted by atomic mass is 10.2. The fraction of sp³-hybridized carbons (Fsp3) is 0.0909. The summed E-state index contributed by atoms with van der Waals surface area (Å²) < 4.78 is 0. The van der Waals surface area contributed by atoms with Crippen molar-refractivity contribution in [1.29, 1.82) is 0 Å². The van der Waals surface area contributed by atoms with E-state index in [1.54, 1.807) is 0 Å². The van der Waals surface area contributed by atoms with Crippen LogP contribution in [-0.2, 0) is 11.3 Å². The van der Waals surface area contributed by atoms with Gasteiger partial charge in [0.2, 0.25) is 0 Å². The number of benzene rings is 1. The van der Waals surface area contributed by atoms with Crippen LogP contribution < -0.4 is 11.1 Å². The van der Waals surface area contributed by atoms with Gasteiger partial charge in [0.1, 0.15) is 0 Å². The molecule has 0 saturated carbocycles. The first-order valence-corrected chi connectivity index (χ1v) is 4.85. The topological polar surface area (TPSA) is 108 Å². The normalized spacial score (nSPS) is 9.18. The van der Waals surface area contributed by atoms with E-state index in [0.29, 0.717) is 6.54 Å². The van der Waals surface area contributed by atoms with Crippen LogP contribution in [0.25, 0.3) is 10.9 Å². The van der Waals surface area contributed by atoms with Gasteiger partial charge in [-0.1, -0.05) is 18.2 Å². The van der Waals surface area contributed by atoms with Gasteiger partial charge in [-0.2, -0.15) is 0 Å². The molecule has 2 rings (SSSR count). The number of fused-ring (bicyclic) bond motifs is 1. The molecule has 0 fully saturated rings. The molecule has 0 saturated heterocycles. The third-order valence-corrected chi connectivity index (χ3v) is 2.13. The molecule has 6 nitrogen and oxygen atoms in total. The number of carbonyl (C=O) groups excluding carboxylic acids is 1. The average Bonchev–Trinajstić information content (AvgIpc) is 2.70. The average molecular weight is 235 g/mol. The third kappa shape index (κ3) is 3.53. The molecule has 5 N–H and O–H groups in total. The van der Waals surface area contributed by atoms with Crippen LogP contribution in [0.4, 0.5) is 4.79 Å². The Hall–Kier alpha value is -2.50. The van der Waals surface area contributed by atoms with Crippen molar-refractivity contribution in [1.82, 2.24) is 10.3 Å². The highest BCUT2D eigenvalue weighted by Crippen LogP contribution is 2.16. The van der Waals surface area contributed by atoms with Crippen LogP contribution in [0.15, 0.2) is 30.5 Å². The van der Waals surface area contributed by atoms with Crippen LogP contribution in [0.2, 0.25) is 0 Å². The zero-order valence-corrected chi connectivity index (χ0v) is 9.01. The summed E-state index contributed by atoms with van der Waals surface area (Å²) in [5.74, 6) is 0. The summed E-state index contributed by atoms with van der Waals surface area (Å²) in [6, 6.07) is 7.41. The Morgan fingerprint density at radius 3 is 2.76 bits per heavy atom. The molecule has 17 heavy (non-hydrogen) atoms. The second-order valence-corrected chi connectivity index (χ2v) is 3.18. The van der Waals surface area contributed by atoms with E-state index < -0.39 is 6.03 Å². The van der Waals surface area contributed by atoms with E-state index in [1.807, 2.05) is 30.5 Å². The molecule has 2 amide bonds. The smallest absolute Gasteiger partial charge is 0.312 e. The van der Waals surface area contributed by atoms with Crippen LogP contribution in [0, 0.1) is 0 Å². The van der Waals surface area contributed by atoms with E-state index >= 15 is 0 Å². The molecule has 6 heteroatoms. The largest absolute Gasteiger partial charge is 0.483 e. The third-order valence-electron chi connectivity index (χ3n) is 2.13.